The zero-order chi connectivity index (χ0) is 21.6. The van der Waals surface area contributed by atoms with E-state index in [0.717, 1.165) is 44.9 Å². The SMILES string of the molecule is CCNC(=NCC(C)N1CCOCC1)N1CCOC(c2cccc(C(F)(F)F)c2)C1.I. The number of morpholine rings is 2. The standard InChI is InChI=1S/C21H31F3N4O2.HI/c1-3-25-20(26-14-16(2)27-7-10-29-11-8-27)28-9-12-30-19(15-28)17-5-4-6-18(13-17)21(22,23)24;/h4-6,13,16,19H,3,7-12,14-15H2,1-2H3,(H,25,26);1H. The van der Waals surface area contributed by atoms with Gasteiger partial charge in [-0.15, -0.1) is 24.0 Å². The van der Waals surface area contributed by atoms with Crippen LogP contribution in [-0.4, -0.2) is 80.9 Å². The minimum atomic E-state index is -4.36. The maximum atomic E-state index is 13.1. The minimum Gasteiger partial charge on any atom is -0.379 e. The lowest BCUT2D eigenvalue weighted by Gasteiger charge is -2.36. The third-order valence-corrected chi connectivity index (χ3v) is 5.46. The van der Waals surface area contributed by atoms with E-state index >= 15 is 0 Å². The van der Waals surface area contributed by atoms with Crippen molar-refractivity contribution >= 4 is 29.9 Å². The van der Waals surface area contributed by atoms with E-state index in [2.05, 4.69) is 22.0 Å². The fourth-order valence-corrected chi connectivity index (χ4v) is 3.74. The summed E-state index contributed by atoms with van der Waals surface area (Å²) in [5.74, 6) is 0.776. The van der Waals surface area contributed by atoms with Crippen molar-refractivity contribution in [1.29, 1.82) is 0 Å². The average Bonchev–Trinajstić information content (AvgIpc) is 2.76. The Kier molecular flexibility index (Phi) is 10.3. The van der Waals surface area contributed by atoms with Gasteiger partial charge in [0.25, 0.3) is 0 Å². The van der Waals surface area contributed by atoms with E-state index in [9.17, 15) is 13.2 Å². The van der Waals surface area contributed by atoms with Crippen LogP contribution in [0.25, 0.3) is 0 Å². The number of benzene rings is 1. The molecule has 2 aliphatic heterocycles. The first-order valence-corrected chi connectivity index (χ1v) is 10.5. The van der Waals surface area contributed by atoms with Crippen molar-refractivity contribution in [2.45, 2.75) is 32.2 Å². The molecule has 0 aliphatic carbocycles. The Bertz CT molecular complexity index is 714. The van der Waals surface area contributed by atoms with Gasteiger partial charge in [-0.1, -0.05) is 12.1 Å². The lowest BCUT2D eigenvalue weighted by Crippen LogP contribution is -2.49. The first-order chi connectivity index (χ1) is 14.4. The van der Waals surface area contributed by atoms with Crippen LogP contribution < -0.4 is 5.32 Å². The van der Waals surface area contributed by atoms with Gasteiger partial charge in [-0.05, 0) is 31.5 Å². The molecule has 2 atom stereocenters. The molecule has 1 N–H and O–H groups in total. The first kappa shape index (κ1) is 26.1. The Morgan fingerprint density at radius 2 is 1.97 bits per heavy atom. The maximum absolute atomic E-state index is 13.1. The molecule has 176 valence electrons. The molecular formula is C21H32F3IN4O2. The van der Waals surface area contributed by atoms with Gasteiger partial charge >= 0.3 is 6.18 Å². The van der Waals surface area contributed by atoms with Crippen LogP contribution in [-0.2, 0) is 15.7 Å². The number of ether oxygens (including phenoxy) is 2. The van der Waals surface area contributed by atoms with E-state index in [4.69, 9.17) is 14.5 Å². The summed E-state index contributed by atoms with van der Waals surface area (Å²) in [5.41, 5.74) is -0.118. The molecule has 2 saturated heterocycles. The van der Waals surface area contributed by atoms with E-state index in [1.165, 1.54) is 12.1 Å². The number of nitrogens with one attached hydrogen (secondary N) is 1. The Balaban J connectivity index is 0.00000341. The summed E-state index contributed by atoms with van der Waals surface area (Å²) in [6.07, 6.45) is -4.79. The summed E-state index contributed by atoms with van der Waals surface area (Å²) in [5, 5.41) is 3.32. The van der Waals surface area contributed by atoms with E-state index in [1.807, 2.05) is 6.92 Å². The van der Waals surface area contributed by atoms with Crippen molar-refractivity contribution in [1.82, 2.24) is 15.1 Å². The Morgan fingerprint density at radius 1 is 1.23 bits per heavy atom. The summed E-state index contributed by atoms with van der Waals surface area (Å²) in [7, 11) is 0. The molecule has 0 spiro atoms. The highest BCUT2D eigenvalue weighted by Crippen LogP contribution is 2.32. The second-order valence-electron chi connectivity index (χ2n) is 7.62. The number of hydrogen-bond donors (Lipinski definition) is 1. The third kappa shape index (κ3) is 7.47. The van der Waals surface area contributed by atoms with Crippen LogP contribution in [0.4, 0.5) is 13.2 Å². The van der Waals surface area contributed by atoms with Gasteiger partial charge in [-0.2, -0.15) is 13.2 Å². The second kappa shape index (κ2) is 12.2. The largest absolute Gasteiger partial charge is 0.416 e. The second-order valence-corrected chi connectivity index (χ2v) is 7.62. The summed E-state index contributed by atoms with van der Waals surface area (Å²) >= 11 is 0. The van der Waals surface area contributed by atoms with Crippen molar-refractivity contribution < 1.29 is 22.6 Å². The van der Waals surface area contributed by atoms with Crippen LogP contribution in [0, 0.1) is 0 Å². The molecule has 2 aliphatic rings. The lowest BCUT2D eigenvalue weighted by molar-refractivity contribution is -0.137. The van der Waals surface area contributed by atoms with Gasteiger partial charge in [0.15, 0.2) is 5.96 Å². The van der Waals surface area contributed by atoms with Crippen molar-refractivity contribution in [2.24, 2.45) is 4.99 Å². The van der Waals surface area contributed by atoms with Gasteiger partial charge in [0.1, 0.15) is 6.10 Å². The van der Waals surface area contributed by atoms with Crippen LogP contribution in [0.1, 0.15) is 31.1 Å². The normalized spacial score (nSPS) is 22.0. The average molecular weight is 556 g/mol. The molecule has 3 rings (SSSR count). The molecule has 2 fully saturated rings. The van der Waals surface area contributed by atoms with Gasteiger partial charge in [0, 0.05) is 32.2 Å². The fraction of sp³-hybridized carbons (Fsp3) is 0.667. The molecule has 0 saturated carbocycles. The van der Waals surface area contributed by atoms with Crippen LogP contribution in [0.15, 0.2) is 29.3 Å². The molecule has 0 amide bonds. The number of nitrogens with zero attached hydrogens (tertiary/aromatic N) is 3. The van der Waals surface area contributed by atoms with Crippen molar-refractivity contribution in [2.75, 3.05) is 59.1 Å². The highest BCUT2D eigenvalue weighted by molar-refractivity contribution is 14.0. The predicted molar refractivity (Wildman–Crippen MR) is 125 cm³/mol. The number of aliphatic imine (C=N–C) groups is 1. The smallest absolute Gasteiger partial charge is 0.379 e. The molecule has 0 aromatic heterocycles. The molecule has 1 aromatic rings. The summed E-state index contributed by atoms with van der Waals surface area (Å²) in [6.45, 7) is 10.4. The van der Waals surface area contributed by atoms with Crippen molar-refractivity contribution in [3.8, 4) is 0 Å². The quantitative estimate of drug-likeness (QED) is 0.343. The van der Waals surface area contributed by atoms with E-state index in [-0.39, 0.29) is 24.0 Å². The van der Waals surface area contributed by atoms with Crippen LogP contribution in [0.2, 0.25) is 0 Å². The zero-order valence-electron chi connectivity index (χ0n) is 18.0. The number of alkyl halides is 3. The number of guanidine groups is 1. The van der Waals surface area contributed by atoms with Gasteiger partial charge in [0.2, 0.25) is 0 Å². The minimum absolute atomic E-state index is 0. The maximum Gasteiger partial charge on any atom is 0.416 e. The molecule has 10 heteroatoms. The van der Waals surface area contributed by atoms with Gasteiger partial charge < -0.3 is 19.7 Å². The summed E-state index contributed by atoms with van der Waals surface area (Å²) in [4.78, 5) is 9.25. The van der Waals surface area contributed by atoms with Crippen molar-refractivity contribution in [3.63, 3.8) is 0 Å². The summed E-state index contributed by atoms with van der Waals surface area (Å²) < 4.78 is 50.4. The molecule has 31 heavy (non-hydrogen) atoms. The molecule has 1 aromatic carbocycles. The predicted octanol–water partition coefficient (Wildman–Crippen LogP) is 3.38. The fourth-order valence-electron chi connectivity index (χ4n) is 3.74. The van der Waals surface area contributed by atoms with Crippen molar-refractivity contribution in [3.05, 3.63) is 35.4 Å². The zero-order valence-corrected chi connectivity index (χ0v) is 20.4. The summed E-state index contributed by atoms with van der Waals surface area (Å²) in [6, 6.07) is 5.68. The molecular weight excluding hydrogens is 524 g/mol. The van der Waals surface area contributed by atoms with Crippen LogP contribution in [0.3, 0.4) is 0 Å². The Hall–Kier alpha value is -1.11. The van der Waals surface area contributed by atoms with Gasteiger partial charge in [-0.25, -0.2) is 0 Å². The van der Waals surface area contributed by atoms with Gasteiger partial charge in [-0.3, -0.25) is 9.89 Å². The molecule has 0 radical (unpaired) electrons. The number of rotatable bonds is 5. The highest BCUT2D eigenvalue weighted by Gasteiger charge is 2.32. The van der Waals surface area contributed by atoms with E-state index in [1.54, 1.807) is 6.07 Å². The molecule has 6 nitrogen and oxygen atoms in total. The van der Waals surface area contributed by atoms with Crippen LogP contribution in [0.5, 0.6) is 0 Å². The Labute approximate surface area is 199 Å². The first-order valence-electron chi connectivity index (χ1n) is 10.5. The number of halogens is 4. The molecule has 2 heterocycles. The van der Waals surface area contributed by atoms with E-state index in [0.29, 0.717) is 37.8 Å². The molecule has 2 unspecified atom stereocenters. The van der Waals surface area contributed by atoms with Gasteiger partial charge in [0.05, 0.1) is 38.5 Å². The molecule has 0 bridgehead atoms. The highest BCUT2D eigenvalue weighted by atomic mass is 127. The monoisotopic (exact) mass is 556 g/mol. The van der Waals surface area contributed by atoms with E-state index < -0.39 is 17.8 Å². The Morgan fingerprint density at radius 3 is 2.65 bits per heavy atom. The third-order valence-electron chi connectivity index (χ3n) is 5.46. The topological polar surface area (TPSA) is 49.3 Å². The number of hydrogen-bond acceptors (Lipinski definition) is 4. The lowest BCUT2D eigenvalue weighted by atomic mass is 10.0. The van der Waals surface area contributed by atoms with Crippen LogP contribution >= 0.6 is 24.0 Å².